The Morgan fingerprint density at radius 2 is 1.66 bits per heavy atom. The Bertz CT molecular complexity index is 1230. The number of carbonyl (C=O) groups excluding carboxylic acids is 2. The fourth-order valence-corrected chi connectivity index (χ4v) is 3.43. The first-order valence-corrected chi connectivity index (χ1v) is 9.50. The first kappa shape index (κ1) is 18.9. The molecule has 3 N–H and O–H groups in total. The molecule has 0 spiro atoms. The topological polar surface area (TPSA) is 76.6 Å². The van der Waals surface area contributed by atoms with Crippen LogP contribution in [-0.2, 0) is 0 Å². The number of hydrogen-bond acceptors (Lipinski definition) is 3. The Labute approximate surface area is 174 Å². The molecule has 0 aliphatic carbocycles. The molecule has 0 saturated heterocycles. The third kappa shape index (κ3) is 3.52. The van der Waals surface area contributed by atoms with Crippen LogP contribution in [0, 0.1) is 5.82 Å². The molecule has 0 radical (unpaired) electrons. The molecule has 2 heterocycles. The van der Waals surface area contributed by atoms with Gasteiger partial charge in [0.1, 0.15) is 11.5 Å². The Morgan fingerprint density at radius 1 is 0.966 bits per heavy atom. The normalized spacial score (nSPS) is 10.8. The lowest BCUT2D eigenvalue weighted by molar-refractivity contribution is 0.102. The SMILES string of the molecule is Nc1c(C(=O)Nc2ccc(Br)cc2)c2ccccn2c1C(=O)c1ccc(F)cc1. The van der Waals surface area contributed by atoms with Crippen molar-refractivity contribution in [3.8, 4) is 0 Å². The quantitative estimate of drug-likeness (QED) is 0.433. The average molecular weight is 452 g/mol. The summed E-state index contributed by atoms with van der Waals surface area (Å²) in [6.45, 7) is 0. The Hall–Kier alpha value is -3.45. The van der Waals surface area contributed by atoms with Crippen LogP contribution >= 0.6 is 15.9 Å². The van der Waals surface area contributed by atoms with Crippen LogP contribution in [0.5, 0.6) is 0 Å². The second kappa shape index (κ2) is 7.52. The lowest BCUT2D eigenvalue weighted by Crippen LogP contribution is -2.14. The van der Waals surface area contributed by atoms with Crippen molar-refractivity contribution in [3.63, 3.8) is 0 Å². The summed E-state index contributed by atoms with van der Waals surface area (Å²) in [4.78, 5) is 26.0. The first-order chi connectivity index (χ1) is 14.0. The summed E-state index contributed by atoms with van der Waals surface area (Å²) in [5.74, 6) is -1.26. The molecule has 0 unspecified atom stereocenters. The van der Waals surface area contributed by atoms with Crippen molar-refractivity contribution < 1.29 is 14.0 Å². The van der Waals surface area contributed by atoms with Crippen LogP contribution in [0.4, 0.5) is 15.8 Å². The van der Waals surface area contributed by atoms with Crippen LogP contribution < -0.4 is 11.1 Å². The average Bonchev–Trinajstić information content (AvgIpc) is 3.01. The van der Waals surface area contributed by atoms with Crippen molar-refractivity contribution in [2.45, 2.75) is 0 Å². The Balaban J connectivity index is 1.80. The van der Waals surface area contributed by atoms with Gasteiger partial charge in [-0.3, -0.25) is 9.59 Å². The zero-order chi connectivity index (χ0) is 20.5. The maximum Gasteiger partial charge on any atom is 0.259 e. The highest BCUT2D eigenvalue weighted by molar-refractivity contribution is 9.10. The highest BCUT2D eigenvalue weighted by Gasteiger charge is 2.26. The minimum absolute atomic E-state index is 0.0696. The summed E-state index contributed by atoms with van der Waals surface area (Å²) in [7, 11) is 0. The second-order valence-corrected chi connectivity index (χ2v) is 7.31. The number of pyridine rings is 1. The van der Waals surface area contributed by atoms with E-state index >= 15 is 0 Å². The molecule has 0 aliphatic heterocycles. The summed E-state index contributed by atoms with van der Waals surface area (Å²) in [6, 6.07) is 17.5. The number of aromatic nitrogens is 1. The van der Waals surface area contributed by atoms with E-state index in [0.29, 0.717) is 11.2 Å². The predicted molar refractivity (Wildman–Crippen MR) is 114 cm³/mol. The van der Waals surface area contributed by atoms with E-state index in [4.69, 9.17) is 5.73 Å². The number of nitrogen functional groups attached to an aromatic ring is 1. The van der Waals surface area contributed by atoms with Crippen molar-refractivity contribution in [1.82, 2.24) is 4.40 Å². The molecule has 4 aromatic rings. The van der Waals surface area contributed by atoms with Gasteiger partial charge in [0.25, 0.3) is 5.91 Å². The van der Waals surface area contributed by atoms with E-state index in [0.717, 1.165) is 4.47 Å². The zero-order valence-electron chi connectivity index (χ0n) is 15.0. The van der Waals surface area contributed by atoms with Gasteiger partial charge < -0.3 is 15.5 Å². The maximum absolute atomic E-state index is 13.2. The minimum atomic E-state index is -0.441. The number of fused-ring (bicyclic) bond motifs is 1. The van der Waals surface area contributed by atoms with Gasteiger partial charge in [-0.1, -0.05) is 22.0 Å². The number of benzene rings is 2. The van der Waals surface area contributed by atoms with Crippen molar-refractivity contribution in [1.29, 1.82) is 0 Å². The summed E-state index contributed by atoms with van der Waals surface area (Å²) >= 11 is 3.35. The summed E-state index contributed by atoms with van der Waals surface area (Å²) in [5.41, 5.74) is 8.10. The van der Waals surface area contributed by atoms with Gasteiger partial charge in [-0.05, 0) is 60.7 Å². The third-order valence-corrected chi connectivity index (χ3v) is 5.06. The highest BCUT2D eigenvalue weighted by atomic mass is 79.9. The number of halogens is 2. The van der Waals surface area contributed by atoms with Crippen molar-refractivity contribution >= 4 is 44.5 Å². The van der Waals surface area contributed by atoms with Crippen LogP contribution in [0.1, 0.15) is 26.4 Å². The van der Waals surface area contributed by atoms with Crippen LogP contribution in [0.15, 0.2) is 77.4 Å². The van der Waals surface area contributed by atoms with Gasteiger partial charge in [0.15, 0.2) is 0 Å². The molecule has 0 aliphatic rings. The number of anilines is 2. The molecular formula is C22H15BrFN3O2. The molecule has 0 fully saturated rings. The highest BCUT2D eigenvalue weighted by Crippen LogP contribution is 2.29. The van der Waals surface area contributed by atoms with E-state index in [9.17, 15) is 14.0 Å². The molecule has 7 heteroatoms. The van der Waals surface area contributed by atoms with E-state index in [-0.39, 0.29) is 22.5 Å². The first-order valence-electron chi connectivity index (χ1n) is 8.71. The largest absolute Gasteiger partial charge is 0.396 e. The van der Waals surface area contributed by atoms with Gasteiger partial charge in [-0.25, -0.2) is 4.39 Å². The third-order valence-electron chi connectivity index (χ3n) is 4.53. The van der Waals surface area contributed by atoms with Crippen LogP contribution in [0.2, 0.25) is 0 Å². The summed E-state index contributed by atoms with van der Waals surface area (Å²) in [5, 5.41) is 2.80. The van der Waals surface area contributed by atoms with Gasteiger partial charge >= 0.3 is 0 Å². The molecule has 0 bridgehead atoms. The molecule has 144 valence electrons. The Kier molecular flexibility index (Phi) is 4.90. The van der Waals surface area contributed by atoms with E-state index in [1.807, 2.05) is 0 Å². The van der Waals surface area contributed by atoms with Gasteiger partial charge in [-0.15, -0.1) is 0 Å². The fraction of sp³-hybridized carbons (Fsp3) is 0. The van der Waals surface area contributed by atoms with Crippen LogP contribution in [0.25, 0.3) is 5.52 Å². The number of rotatable bonds is 4. The molecule has 5 nitrogen and oxygen atoms in total. The molecule has 0 atom stereocenters. The fourth-order valence-electron chi connectivity index (χ4n) is 3.16. The number of carbonyl (C=O) groups is 2. The van der Waals surface area contributed by atoms with Crippen LogP contribution in [-0.4, -0.2) is 16.1 Å². The molecular weight excluding hydrogens is 437 g/mol. The van der Waals surface area contributed by atoms with Gasteiger partial charge in [0.2, 0.25) is 5.78 Å². The van der Waals surface area contributed by atoms with Crippen molar-refractivity contribution in [2.24, 2.45) is 0 Å². The summed E-state index contributed by atoms with van der Waals surface area (Å²) < 4.78 is 15.7. The van der Waals surface area contributed by atoms with E-state index in [1.165, 1.54) is 24.3 Å². The lowest BCUT2D eigenvalue weighted by atomic mass is 10.1. The van der Waals surface area contributed by atoms with Crippen molar-refractivity contribution in [2.75, 3.05) is 11.1 Å². The predicted octanol–water partition coefficient (Wildman–Crippen LogP) is 4.91. The second-order valence-electron chi connectivity index (χ2n) is 6.39. The van der Waals surface area contributed by atoms with E-state index in [1.54, 1.807) is 53.1 Å². The summed E-state index contributed by atoms with van der Waals surface area (Å²) in [6.07, 6.45) is 1.67. The number of nitrogens with zero attached hydrogens (tertiary/aromatic N) is 1. The number of nitrogens with one attached hydrogen (secondary N) is 1. The van der Waals surface area contributed by atoms with Crippen LogP contribution in [0.3, 0.4) is 0 Å². The van der Waals surface area contributed by atoms with Gasteiger partial charge in [0, 0.05) is 21.9 Å². The van der Waals surface area contributed by atoms with Gasteiger partial charge in [-0.2, -0.15) is 0 Å². The zero-order valence-corrected chi connectivity index (χ0v) is 16.6. The molecule has 4 rings (SSSR count). The molecule has 29 heavy (non-hydrogen) atoms. The lowest BCUT2D eigenvalue weighted by Gasteiger charge is -2.06. The molecule has 2 aromatic heterocycles. The van der Waals surface area contributed by atoms with Crippen molar-refractivity contribution in [3.05, 3.63) is 100 Å². The Morgan fingerprint density at radius 3 is 2.34 bits per heavy atom. The molecule has 2 aromatic carbocycles. The van der Waals surface area contributed by atoms with E-state index in [2.05, 4.69) is 21.2 Å². The number of nitrogens with two attached hydrogens (primary N) is 1. The molecule has 1 amide bonds. The van der Waals surface area contributed by atoms with Gasteiger partial charge in [0.05, 0.1) is 16.8 Å². The number of hydrogen-bond donors (Lipinski definition) is 2. The smallest absolute Gasteiger partial charge is 0.259 e. The molecule has 0 saturated carbocycles. The standard InChI is InChI=1S/C22H15BrFN3O2/c23-14-6-10-16(11-7-14)26-22(29)18-17-3-1-2-12-27(17)20(19(18)25)21(28)13-4-8-15(24)9-5-13/h1-12H,25H2,(H,26,29). The number of amides is 1. The maximum atomic E-state index is 13.2. The minimum Gasteiger partial charge on any atom is -0.396 e. The van der Waals surface area contributed by atoms with E-state index < -0.39 is 17.5 Å². The number of ketones is 1. The monoisotopic (exact) mass is 451 g/mol.